The molecule has 0 unspecified atom stereocenters. The first-order valence-corrected chi connectivity index (χ1v) is 8.19. The van der Waals surface area contributed by atoms with E-state index in [0.717, 1.165) is 11.0 Å². The van der Waals surface area contributed by atoms with Crippen LogP contribution in [0.3, 0.4) is 0 Å². The molecule has 0 aliphatic heterocycles. The summed E-state index contributed by atoms with van der Waals surface area (Å²) in [5.41, 5.74) is 2.33. The highest BCUT2D eigenvalue weighted by Gasteiger charge is 2.10. The highest BCUT2D eigenvalue weighted by Crippen LogP contribution is 2.29. The summed E-state index contributed by atoms with van der Waals surface area (Å²) in [5.74, 6) is 0.0532. The molecule has 0 aliphatic rings. The number of aromatic nitrogens is 2. The number of fused-ring (bicyclic) bond motifs is 1. The molecule has 112 valence electrons. The van der Waals surface area contributed by atoms with Crippen molar-refractivity contribution in [2.75, 3.05) is 11.1 Å². The van der Waals surface area contributed by atoms with E-state index < -0.39 is 0 Å². The second kappa shape index (κ2) is 6.60. The number of rotatable bonds is 4. The Bertz CT molecular complexity index is 802. The maximum Gasteiger partial charge on any atom is 0.234 e. The van der Waals surface area contributed by atoms with E-state index in [2.05, 4.69) is 15.3 Å². The van der Waals surface area contributed by atoms with Crippen LogP contribution in [0.25, 0.3) is 11.0 Å². The molecule has 0 radical (unpaired) electrons. The van der Waals surface area contributed by atoms with Crippen LogP contribution in [-0.4, -0.2) is 21.6 Å². The van der Waals surface area contributed by atoms with Crippen LogP contribution >= 0.6 is 35.0 Å². The summed E-state index contributed by atoms with van der Waals surface area (Å²) in [5, 5.41) is 4.19. The lowest BCUT2D eigenvalue weighted by atomic mass is 10.3. The molecule has 2 N–H and O–H groups in total. The van der Waals surface area contributed by atoms with Gasteiger partial charge in [0, 0.05) is 0 Å². The van der Waals surface area contributed by atoms with E-state index in [0.29, 0.717) is 20.9 Å². The standard InChI is InChI=1S/C15H11Cl2N3OS/c16-9-4-3-7-12(14(9)17)18-13(21)8-22-15-19-10-5-1-2-6-11(10)20-15/h1-7H,8H2,(H,18,21)(H,19,20). The van der Waals surface area contributed by atoms with Crippen LogP contribution in [0, 0.1) is 0 Å². The summed E-state index contributed by atoms with van der Waals surface area (Å²) in [4.78, 5) is 19.6. The molecule has 0 saturated heterocycles. The topological polar surface area (TPSA) is 57.8 Å². The molecule has 0 atom stereocenters. The van der Waals surface area contributed by atoms with Crippen molar-refractivity contribution >= 4 is 57.6 Å². The maximum atomic E-state index is 12.0. The highest BCUT2D eigenvalue weighted by atomic mass is 35.5. The van der Waals surface area contributed by atoms with Gasteiger partial charge in [0.05, 0.1) is 32.5 Å². The number of imidazole rings is 1. The van der Waals surface area contributed by atoms with E-state index in [4.69, 9.17) is 23.2 Å². The third-order valence-corrected chi connectivity index (χ3v) is 4.63. The molecule has 1 heterocycles. The third kappa shape index (κ3) is 3.38. The van der Waals surface area contributed by atoms with Gasteiger partial charge >= 0.3 is 0 Å². The molecule has 3 aromatic rings. The maximum absolute atomic E-state index is 12.0. The monoisotopic (exact) mass is 351 g/mol. The van der Waals surface area contributed by atoms with Gasteiger partial charge in [-0.05, 0) is 24.3 Å². The number of carbonyl (C=O) groups excluding carboxylic acids is 1. The second-order valence-electron chi connectivity index (χ2n) is 4.50. The van der Waals surface area contributed by atoms with Gasteiger partial charge in [-0.15, -0.1) is 0 Å². The van der Waals surface area contributed by atoms with E-state index in [1.807, 2.05) is 24.3 Å². The van der Waals surface area contributed by atoms with Gasteiger partial charge in [0.1, 0.15) is 0 Å². The molecule has 22 heavy (non-hydrogen) atoms. The van der Waals surface area contributed by atoms with Gasteiger partial charge in [-0.3, -0.25) is 4.79 Å². The molecular formula is C15H11Cl2N3OS. The Morgan fingerprint density at radius 3 is 2.82 bits per heavy atom. The van der Waals surface area contributed by atoms with Crippen LogP contribution < -0.4 is 5.32 Å². The zero-order valence-corrected chi connectivity index (χ0v) is 13.6. The van der Waals surface area contributed by atoms with E-state index in [1.54, 1.807) is 18.2 Å². The summed E-state index contributed by atoms with van der Waals surface area (Å²) in [7, 11) is 0. The van der Waals surface area contributed by atoms with Gasteiger partial charge in [0.15, 0.2) is 5.16 Å². The molecule has 4 nitrogen and oxygen atoms in total. The largest absolute Gasteiger partial charge is 0.333 e. The number of halogens is 2. The van der Waals surface area contributed by atoms with Gasteiger partial charge in [-0.1, -0.05) is 53.2 Å². The molecule has 1 aromatic heterocycles. The smallest absolute Gasteiger partial charge is 0.234 e. The van der Waals surface area contributed by atoms with Crippen LogP contribution in [-0.2, 0) is 4.79 Å². The van der Waals surface area contributed by atoms with Crippen molar-refractivity contribution < 1.29 is 4.79 Å². The van der Waals surface area contributed by atoms with Crippen LogP contribution in [0.2, 0.25) is 10.0 Å². The van der Waals surface area contributed by atoms with Gasteiger partial charge in [0.25, 0.3) is 0 Å². The molecular weight excluding hydrogens is 341 g/mol. The van der Waals surface area contributed by atoms with Crippen LogP contribution in [0.15, 0.2) is 47.6 Å². The van der Waals surface area contributed by atoms with Crippen molar-refractivity contribution in [3.63, 3.8) is 0 Å². The van der Waals surface area contributed by atoms with E-state index in [-0.39, 0.29) is 11.7 Å². The average Bonchev–Trinajstić information content (AvgIpc) is 2.93. The summed E-state index contributed by atoms with van der Waals surface area (Å²) in [6, 6.07) is 12.8. The Balaban J connectivity index is 1.63. The molecule has 0 spiro atoms. The number of amides is 1. The highest BCUT2D eigenvalue weighted by molar-refractivity contribution is 7.99. The van der Waals surface area contributed by atoms with Crippen molar-refractivity contribution in [1.82, 2.24) is 9.97 Å². The van der Waals surface area contributed by atoms with Crippen LogP contribution in [0.1, 0.15) is 0 Å². The number of benzene rings is 2. The molecule has 0 fully saturated rings. The normalized spacial score (nSPS) is 10.8. The fourth-order valence-corrected chi connectivity index (χ4v) is 2.95. The minimum atomic E-state index is -0.172. The van der Waals surface area contributed by atoms with Gasteiger partial charge in [-0.2, -0.15) is 0 Å². The number of hydrogen-bond acceptors (Lipinski definition) is 3. The Labute approximate surface area is 141 Å². The van der Waals surface area contributed by atoms with Gasteiger partial charge < -0.3 is 10.3 Å². The van der Waals surface area contributed by atoms with E-state index >= 15 is 0 Å². The van der Waals surface area contributed by atoms with Gasteiger partial charge in [0.2, 0.25) is 5.91 Å². The summed E-state index contributed by atoms with van der Waals surface area (Å²) in [6.07, 6.45) is 0. The molecule has 0 saturated carbocycles. The number of anilines is 1. The number of carbonyl (C=O) groups is 1. The minimum absolute atomic E-state index is 0.172. The molecule has 0 bridgehead atoms. The lowest BCUT2D eigenvalue weighted by molar-refractivity contribution is -0.113. The molecule has 1 amide bonds. The van der Waals surface area contributed by atoms with Crippen LogP contribution in [0.5, 0.6) is 0 Å². The second-order valence-corrected chi connectivity index (χ2v) is 6.25. The number of nitrogens with zero attached hydrogens (tertiary/aromatic N) is 1. The molecule has 3 rings (SSSR count). The molecule has 2 aromatic carbocycles. The fraction of sp³-hybridized carbons (Fsp3) is 0.0667. The predicted octanol–water partition coefficient (Wildman–Crippen LogP) is 4.60. The van der Waals surface area contributed by atoms with Crippen molar-refractivity contribution in [3.05, 3.63) is 52.5 Å². The van der Waals surface area contributed by atoms with Crippen molar-refractivity contribution in [1.29, 1.82) is 0 Å². The lowest BCUT2D eigenvalue weighted by Gasteiger charge is -2.07. The summed E-state index contributed by atoms with van der Waals surface area (Å²) >= 11 is 13.3. The fourth-order valence-electron chi connectivity index (χ4n) is 1.92. The Morgan fingerprint density at radius 1 is 1.18 bits per heavy atom. The number of aromatic amines is 1. The van der Waals surface area contributed by atoms with Crippen molar-refractivity contribution in [2.45, 2.75) is 5.16 Å². The Hall–Kier alpha value is -1.69. The number of thioether (sulfide) groups is 1. The molecule has 0 aliphatic carbocycles. The zero-order valence-electron chi connectivity index (χ0n) is 11.3. The molecule has 7 heteroatoms. The first kappa shape index (κ1) is 15.2. The first-order chi connectivity index (χ1) is 10.6. The zero-order chi connectivity index (χ0) is 15.5. The number of hydrogen-bond donors (Lipinski definition) is 2. The SMILES string of the molecule is O=C(CSc1nc2ccccc2[nH]1)Nc1cccc(Cl)c1Cl. The van der Waals surface area contributed by atoms with E-state index in [9.17, 15) is 4.79 Å². The minimum Gasteiger partial charge on any atom is -0.333 e. The van der Waals surface area contributed by atoms with Crippen molar-refractivity contribution in [3.8, 4) is 0 Å². The van der Waals surface area contributed by atoms with Crippen molar-refractivity contribution in [2.24, 2.45) is 0 Å². The average molecular weight is 352 g/mol. The third-order valence-electron chi connectivity index (χ3n) is 2.93. The predicted molar refractivity (Wildman–Crippen MR) is 91.9 cm³/mol. The lowest BCUT2D eigenvalue weighted by Crippen LogP contribution is -2.14. The summed E-state index contributed by atoms with van der Waals surface area (Å²) < 4.78 is 0. The van der Waals surface area contributed by atoms with Gasteiger partial charge in [-0.25, -0.2) is 4.98 Å². The Morgan fingerprint density at radius 2 is 2.00 bits per heavy atom. The number of nitrogens with one attached hydrogen (secondary N) is 2. The Kier molecular flexibility index (Phi) is 4.57. The number of para-hydroxylation sites is 2. The number of H-pyrrole nitrogens is 1. The first-order valence-electron chi connectivity index (χ1n) is 6.45. The quantitative estimate of drug-likeness (QED) is 0.675. The summed E-state index contributed by atoms with van der Waals surface area (Å²) in [6.45, 7) is 0. The van der Waals surface area contributed by atoms with E-state index in [1.165, 1.54) is 11.8 Å². The van der Waals surface area contributed by atoms with Crippen LogP contribution in [0.4, 0.5) is 5.69 Å².